The van der Waals surface area contributed by atoms with Crippen LogP contribution in [0.15, 0.2) is 30.3 Å². The summed E-state index contributed by atoms with van der Waals surface area (Å²) in [5, 5.41) is 0. The molecule has 1 aromatic heterocycles. The van der Waals surface area contributed by atoms with E-state index in [1.165, 1.54) is 11.3 Å². The number of benzene rings is 1. The molecular weight excluding hydrogens is 374 g/mol. The molecule has 1 amide bonds. The van der Waals surface area contributed by atoms with Crippen LogP contribution in [0.3, 0.4) is 0 Å². The van der Waals surface area contributed by atoms with Crippen molar-refractivity contribution in [3.05, 3.63) is 41.6 Å². The fourth-order valence-corrected chi connectivity index (χ4v) is 5.14. The zero-order valence-corrected chi connectivity index (χ0v) is 17.6. The molecule has 3 aliphatic rings. The Labute approximate surface area is 178 Å². The Bertz CT molecular complexity index is 907. The van der Waals surface area contributed by atoms with Crippen LogP contribution >= 0.6 is 0 Å². The van der Waals surface area contributed by atoms with E-state index in [0.29, 0.717) is 5.91 Å². The number of rotatable bonds is 3. The minimum Gasteiger partial charge on any atom is -0.355 e. The van der Waals surface area contributed by atoms with Crippen molar-refractivity contribution in [2.75, 3.05) is 31.1 Å². The van der Waals surface area contributed by atoms with Gasteiger partial charge in [-0.05, 0) is 44.9 Å². The summed E-state index contributed by atoms with van der Waals surface area (Å²) in [4.78, 5) is 27.5. The molecule has 0 bridgehead atoms. The number of aromatic nitrogens is 2. The first kappa shape index (κ1) is 19.5. The lowest BCUT2D eigenvalue weighted by Crippen LogP contribution is -2.49. The first-order valence-electron chi connectivity index (χ1n) is 11.4. The zero-order chi connectivity index (χ0) is 20.5. The van der Waals surface area contributed by atoms with Gasteiger partial charge in [0.25, 0.3) is 0 Å². The number of fused-ring (bicyclic) bond motifs is 1. The largest absolute Gasteiger partial charge is 0.355 e. The second kappa shape index (κ2) is 8.34. The van der Waals surface area contributed by atoms with Crippen LogP contribution in [-0.4, -0.2) is 53.0 Å². The van der Waals surface area contributed by atoms with Crippen LogP contribution in [0, 0.1) is 5.92 Å². The van der Waals surface area contributed by atoms with E-state index >= 15 is 0 Å². The third-order valence-corrected chi connectivity index (χ3v) is 6.86. The highest BCUT2D eigenvalue weighted by Crippen LogP contribution is 2.34. The smallest absolute Gasteiger partial charge is 0.227 e. The summed E-state index contributed by atoms with van der Waals surface area (Å²) in [5.74, 6) is 2.24. The van der Waals surface area contributed by atoms with Gasteiger partial charge in [-0.15, -0.1) is 0 Å². The van der Waals surface area contributed by atoms with Gasteiger partial charge in [0.05, 0.1) is 5.92 Å². The van der Waals surface area contributed by atoms with Crippen molar-refractivity contribution in [3.63, 3.8) is 0 Å². The molecular formula is C24H31N5O. The quantitative estimate of drug-likeness (QED) is 0.850. The highest BCUT2D eigenvalue weighted by molar-refractivity contribution is 5.80. The van der Waals surface area contributed by atoms with Crippen molar-refractivity contribution in [2.45, 2.75) is 51.0 Å². The molecule has 6 heteroatoms. The minimum absolute atomic E-state index is 0.0558. The van der Waals surface area contributed by atoms with E-state index < -0.39 is 0 Å². The SMILES string of the molecule is NC1CCN(C(=O)[C@H]2CCCN(c3nc(-c4ccccc4)nc4c3CCC4)C2)CC1. The van der Waals surface area contributed by atoms with Crippen molar-refractivity contribution in [2.24, 2.45) is 11.7 Å². The Kier molecular flexibility index (Phi) is 5.42. The van der Waals surface area contributed by atoms with Gasteiger partial charge in [0, 0.05) is 49.0 Å². The molecule has 5 rings (SSSR count). The second-order valence-corrected chi connectivity index (χ2v) is 8.96. The lowest BCUT2D eigenvalue weighted by atomic mass is 9.94. The maximum Gasteiger partial charge on any atom is 0.227 e. The number of carbonyl (C=O) groups is 1. The van der Waals surface area contributed by atoms with E-state index in [1.807, 2.05) is 23.1 Å². The lowest BCUT2D eigenvalue weighted by Gasteiger charge is -2.38. The molecule has 2 aromatic rings. The van der Waals surface area contributed by atoms with Gasteiger partial charge in [0.15, 0.2) is 5.82 Å². The Balaban J connectivity index is 1.40. The number of carbonyl (C=O) groups excluding carboxylic acids is 1. The fourth-order valence-electron chi connectivity index (χ4n) is 5.14. The molecule has 158 valence electrons. The average Bonchev–Trinajstić information content (AvgIpc) is 3.28. The van der Waals surface area contributed by atoms with Crippen molar-refractivity contribution in [1.82, 2.24) is 14.9 Å². The maximum atomic E-state index is 13.2. The minimum atomic E-state index is 0.0558. The zero-order valence-electron chi connectivity index (χ0n) is 17.6. The number of likely N-dealkylation sites (tertiary alicyclic amines) is 1. The van der Waals surface area contributed by atoms with Gasteiger partial charge in [0.2, 0.25) is 5.91 Å². The fraction of sp³-hybridized carbons (Fsp3) is 0.542. The average molecular weight is 406 g/mol. The predicted molar refractivity (Wildman–Crippen MR) is 118 cm³/mol. The molecule has 1 aromatic carbocycles. The number of amides is 1. The molecule has 6 nitrogen and oxygen atoms in total. The number of piperidine rings is 2. The summed E-state index contributed by atoms with van der Waals surface area (Å²) in [7, 11) is 0. The Hall–Kier alpha value is -2.47. The third kappa shape index (κ3) is 3.81. The number of hydrogen-bond acceptors (Lipinski definition) is 5. The molecule has 0 spiro atoms. The summed E-state index contributed by atoms with van der Waals surface area (Å²) in [5.41, 5.74) is 9.58. The lowest BCUT2D eigenvalue weighted by molar-refractivity contribution is -0.136. The summed E-state index contributed by atoms with van der Waals surface area (Å²) < 4.78 is 0. The van der Waals surface area contributed by atoms with Crippen LogP contribution in [0.1, 0.15) is 43.4 Å². The summed E-state index contributed by atoms with van der Waals surface area (Å²) in [6.07, 6.45) is 7.04. The third-order valence-electron chi connectivity index (χ3n) is 6.86. The molecule has 30 heavy (non-hydrogen) atoms. The molecule has 2 aliphatic heterocycles. The Morgan fingerprint density at radius 3 is 2.57 bits per heavy atom. The van der Waals surface area contributed by atoms with E-state index in [0.717, 1.165) is 88.3 Å². The van der Waals surface area contributed by atoms with Gasteiger partial charge in [-0.25, -0.2) is 9.97 Å². The van der Waals surface area contributed by atoms with Gasteiger partial charge in [-0.1, -0.05) is 30.3 Å². The molecule has 1 atom stereocenters. The van der Waals surface area contributed by atoms with E-state index in [2.05, 4.69) is 17.0 Å². The Morgan fingerprint density at radius 2 is 1.77 bits per heavy atom. The number of aryl methyl sites for hydroxylation is 1. The van der Waals surface area contributed by atoms with E-state index in [-0.39, 0.29) is 12.0 Å². The molecule has 2 saturated heterocycles. The molecule has 0 radical (unpaired) electrons. The standard InChI is InChI=1S/C24H31N5O/c25-19-11-14-28(15-12-19)24(30)18-8-5-13-29(16-18)23-20-9-4-10-21(20)26-22(27-23)17-6-2-1-3-7-17/h1-3,6-7,18-19H,4-5,8-16,25H2/t18-/m0/s1. The summed E-state index contributed by atoms with van der Waals surface area (Å²) in [6, 6.07) is 10.5. The van der Waals surface area contributed by atoms with Crippen LogP contribution in [0.25, 0.3) is 11.4 Å². The van der Waals surface area contributed by atoms with Gasteiger partial charge in [-0.2, -0.15) is 0 Å². The molecule has 2 N–H and O–H groups in total. The van der Waals surface area contributed by atoms with E-state index in [1.54, 1.807) is 0 Å². The van der Waals surface area contributed by atoms with Crippen LogP contribution < -0.4 is 10.6 Å². The van der Waals surface area contributed by atoms with E-state index in [4.69, 9.17) is 15.7 Å². The predicted octanol–water partition coefficient (Wildman–Crippen LogP) is 2.80. The van der Waals surface area contributed by atoms with Gasteiger partial charge in [-0.3, -0.25) is 4.79 Å². The Morgan fingerprint density at radius 1 is 0.967 bits per heavy atom. The normalized spacial score (nSPS) is 22.2. The number of nitrogens with two attached hydrogens (primary N) is 1. The summed E-state index contributed by atoms with van der Waals surface area (Å²) >= 11 is 0. The highest BCUT2D eigenvalue weighted by Gasteiger charge is 2.33. The van der Waals surface area contributed by atoms with Crippen molar-refractivity contribution in [3.8, 4) is 11.4 Å². The van der Waals surface area contributed by atoms with Gasteiger partial charge < -0.3 is 15.5 Å². The van der Waals surface area contributed by atoms with Gasteiger partial charge in [0.1, 0.15) is 5.82 Å². The molecule has 1 aliphatic carbocycles. The highest BCUT2D eigenvalue weighted by atomic mass is 16.2. The second-order valence-electron chi connectivity index (χ2n) is 8.96. The summed E-state index contributed by atoms with van der Waals surface area (Å²) in [6.45, 7) is 3.33. The molecule has 3 heterocycles. The van der Waals surface area contributed by atoms with Crippen molar-refractivity contribution >= 4 is 11.7 Å². The number of anilines is 1. The maximum absolute atomic E-state index is 13.2. The van der Waals surface area contributed by atoms with Crippen molar-refractivity contribution in [1.29, 1.82) is 0 Å². The van der Waals surface area contributed by atoms with Crippen molar-refractivity contribution < 1.29 is 4.79 Å². The first-order valence-corrected chi connectivity index (χ1v) is 11.4. The topological polar surface area (TPSA) is 75.3 Å². The van der Waals surface area contributed by atoms with E-state index in [9.17, 15) is 4.79 Å². The first-order chi connectivity index (χ1) is 14.7. The molecule has 0 unspecified atom stereocenters. The monoisotopic (exact) mass is 405 g/mol. The van der Waals surface area contributed by atoms with Crippen LogP contribution in [0.5, 0.6) is 0 Å². The van der Waals surface area contributed by atoms with Gasteiger partial charge >= 0.3 is 0 Å². The number of nitrogens with zero attached hydrogens (tertiary/aromatic N) is 4. The van der Waals surface area contributed by atoms with Crippen LogP contribution in [0.4, 0.5) is 5.82 Å². The molecule has 2 fully saturated rings. The number of hydrogen-bond donors (Lipinski definition) is 1. The van der Waals surface area contributed by atoms with Crippen LogP contribution in [0.2, 0.25) is 0 Å². The van der Waals surface area contributed by atoms with Crippen LogP contribution in [-0.2, 0) is 17.6 Å². The molecule has 0 saturated carbocycles.